The molecule has 21 heavy (non-hydrogen) atoms. The van der Waals surface area contributed by atoms with Crippen LogP contribution in [0.15, 0.2) is 30.7 Å². The minimum Gasteiger partial charge on any atom is -0.310 e. The molecule has 1 unspecified atom stereocenters. The first-order valence-corrected chi connectivity index (χ1v) is 7.89. The average molecular weight is 286 g/mol. The van der Waals surface area contributed by atoms with Crippen molar-refractivity contribution in [2.45, 2.75) is 45.6 Å². The molecule has 0 saturated heterocycles. The van der Waals surface area contributed by atoms with Gasteiger partial charge in [-0.2, -0.15) is 5.10 Å². The Kier molecular flexibility index (Phi) is 5.93. The number of nitrogens with one attached hydrogen (secondary N) is 1. The largest absolute Gasteiger partial charge is 0.310 e. The van der Waals surface area contributed by atoms with Gasteiger partial charge in [-0.1, -0.05) is 13.8 Å². The Labute approximate surface area is 127 Å². The van der Waals surface area contributed by atoms with Crippen LogP contribution < -0.4 is 5.32 Å². The summed E-state index contributed by atoms with van der Waals surface area (Å²) in [5.41, 5.74) is 4.02. The second kappa shape index (κ2) is 7.93. The zero-order valence-electron chi connectivity index (χ0n) is 13.3. The van der Waals surface area contributed by atoms with E-state index in [4.69, 9.17) is 0 Å². The van der Waals surface area contributed by atoms with E-state index < -0.39 is 0 Å². The van der Waals surface area contributed by atoms with Crippen molar-refractivity contribution in [1.29, 1.82) is 0 Å². The Balaban J connectivity index is 2.12. The van der Waals surface area contributed by atoms with Gasteiger partial charge < -0.3 is 5.32 Å². The van der Waals surface area contributed by atoms with Crippen LogP contribution in [0.1, 0.15) is 49.6 Å². The normalized spacial score (nSPS) is 12.5. The third-order valence-corrected chi connectivity index (χ3v) is 3.95. The molecule has 0 aromatic carbocycles. The van der Waals surface area contributed by atoms with Crippen molar-refractivity contribution in [3.63, 3.8) is 0 Å². The second-order valence-corrected chi connectivity index (χ2v) is 5.42. The van der Waals surface area contributed by atoms with Crippen molar-refractivity contribution in [2.24, 2.45) is 7.05 Å². The molecule has 1 atom stereocenters. The van der Waals surface area contributed by atoms with Crippen LogP contribution in [0.3, 0.4) is 0 Å². The van der Waals surface area contributed by atoms with Crippen LogP contribution in [-0.4, -0.2) is 21.3 Å². The van der Waals surface area contributed by atoms with E-state index in [1.165, 1.54) is 16.8 Å². The van der Waals surface area contributed by atoms with Gasteiger partial charge in [-0.05, 0) is 55.5 Å². The summed E-state index contributed by atoms with van der Waals surface area (Å²) in [5, 5.41) is 7.93. The monoisotopic (exact) mass is 286 g/mol. The van der Waals surface area contributed by atoms with E-state index in [9.17, 15) is 0 Å². The van der Waals surface area contributed by atoms with Crippen LogP contribution in [0.4, 0.5) is 0 Å². The molecule has 0 aliphatic rings. The summed E-state index contributed by atoms with van der Waals surface area (Å²) in [4.78, 5) is 4.26. The predicted octanol–water partition coefficient (Wildman–Crippen LogP) is 3.05. The van der Waals surface area contributed by atoms with E-state index in [1.807, 2.05) is 30.3 Å². The number of aryl methyl sites for hydroxylation is 3. The molecule has 0 aliphatic carbocycles. The summed E-state index contributed by atoms with van der Waals surface area (Å²) < 4.78 is 1.96. The molecule has 0 amide bonds. The van der Waals surface area contributed by atoms with Crippen LogP contribution >= 0.6 is 0 Å². The SMILES string of the molecule is CCCNC(CCc1ccnn1C)c1ccncc1CC. The molecule has 0 radical (unpaired) electrons. The standard InChI is InChI=1S/C17H26N4/c1-4-10-19-17(7-6-15-8-12-20-21(15)3)16-9-11-18-13-14(16)5-2/h8-9,11-13,17,19H,4-7,10H2,1-3H3. The average Bonchev–Trinajstić information content (AvgIpc) is 2.93. The fourth-order valence-electron chi connectivity index (χ4n) is 2.70. The Morgan fingerprint density at radius 2 is 2.10 bits per heavy atom. The van der Waals surface area contributed by atoms with E-state index in [1.54, 1.807) is 0 Å². The molecule has 114 valence electrons. The van der Waals surface area contributed by atoms with Crippen LogP contribution in [0, 0.1) is 0 Å². The fraction of sp³-hybridized carbons (Fsp3) is 0.529. The van der Waals surface area contributed by atoms with Gasteiger partial charge in [0, 0.05) is 37.4 Å². The molecule has 0 fully saturated rings. The van der Waals surface area contributed by atoms with Crippen LogP contribution in [-0.2, 0) is 19.9 Å². The lowest BCUT2D eigenvalue weighted by atomic mass is 9.96. The fourth-order valence-corrected chi connectivity index (χ4v) is 2.70. The van der Waals surface area contributed by atoms with Crippen molar-refractivity contribution >= 4 is 0 Å². The molecular weight excluding hydrogens is 260 g/mol. The summed E-state index contributed by atoms with van der Waals surface area (Å²) in [6.45, 7) is 5.44. The van der Waals surface area contributed by atoms with Gasteiger partial charge in [0.05, 0.1) is 0 Å². The topological polar surface area (TPSA) is 42.7 Å². The molecule has 2 rings (SSSR count). The molecule has 4 heteroatoms. The highest BCUT2D eigenvalue weighted by molar-refractivity contribution is 5.27. The molecular formula is C17H26N4. The second-order valence-electron chi connectivity index (χ2n) is 5.42. The van der Waals surface area contributed by atoms with Crippen molar-refractivity contribution in [3.8, 4) is 0 Å². The maximum absolute atomic E-state index is 4.26. The highest BCUT2D eigenvalue weighted by Gasteiger charge is 2.14. The summed E-state index contributed by atoms with van der Waals surface area (Å²) in [5.74, 6) is 0. The zero-order valence-corrected chi connectivity index (χ0v) is 13.3. The van der Waals surface area contributed by atoms with Gasteiger partial charge in [0.15, 0.2) is 0 Å². The van der Waals surface area contributed by atoms with Crippen LogP contribution in [0.2, 0.25) is 0 Å². The summed E-state index contributed by atoms with van der Waals surface area (Å²) >= 11 is 0. The molecule has 2 aromatic heterocycles. The molecule has 4 nitrogen and oxygen atoms in total. The number of rotatable bonds is 8. The van der Waals surface area contributed by atoms with Gasteiger partial charge in [-0.25, -0.2) is 0 Å². The summed E-state index contributed by atoms with van der Waals surface area (Å²) in [6.07, 6.45) is 10.1. The van der Waals surface area contributed by atoms with E-state index in [-0.39, 0.29) is 0 Å². The maximum Gasteiger partial charge on any atom is 0.0492 e. The highest BCUT2D eigenvalue weighted by Crippen LogP contribution is 2.22. The van der Waals surface area contributed by atoms with Gasteiger partial charge in [0.2, 0.25) is 0 Å². The lowest BCUT2D eigenvalue weighted by molar-refractivity contribution is 0.488. The van der Waals surface area contributed by atoms with Gasteiger partial charge in [0.1, 0.15) is 0 Å². The summed E-state index contributed by atoms with van der Waals surface area (Å²) in [6, 6.07) is 4.65. The molecule has 0 aliphatic heterocycles. The molecule has 1 N–H and O–H groups in total. The lowest BCUT2D eigenvalue weighted by Gasteiger charge is -2.21. The van der Waals surface area contributed by atoms with Crippen molar-refractivity contribution in [2.75, 3.05) is 6.54 Å². The van der Waals surface area contributed by atoms with Crippen molar-refractivity contribution < 1.29 is 0 Å². The first kappa shape index (κ1) is 15.7. The molecule has 2 aromatic rings. The first-order chi connectivity index (χ1) is 10.3. The first-order valence-electron chi connectivity index (χ1n) is 7.89. The molecule has 2 heterocycles. The van der Waals surface area contributed by atoms with Crippen molar-refractivity contribution in [1.82, 2.24) is 20.1 Å². The van der Waals surface area contributed by atoms with Crippen LogP contribution in [0.25, 0.3) is 0 Å². The van der Waals surface area contributed by atoms with E-state index in [0.717, 1.165) is 32.2 Å². The number of pyridine rings is 1. The van der Waals surface area contributed by atoms with Crippen LogP contribution in [0.5, 0.6) is 0 Å². The molecule has 0 bridgehead atoms. The zero-order chi connectivity index (χ0) is 15.1. The third-order valence-electron chi connectivity index (χ3n) is 3.95. The van der Waals surface area contributed by atoms with Gasteiger partial charge in [-0.3, -0.25) is 9.67 Å². The molecule has 0 spiro atoms. The lowest BCUT2D eigenvalue weighted by Crippen LogP contribution is -2.24. The van der Waals surface area contributed by atoms with E-state index >= 15 is 0 Å². The Morgan fingerprint density at radius 3 is 2.76 bits per heavy atom. The quantitative estimate of drug-likeness (QED) is 0.811. The number of hydrogen-bond acceptors (Lipinski definition) is 3. The number of hydrogen-bond donors (Lipinski definition) is 1. The summed E-state index contributed by atoms with van der Waals surface area (Å²) in [7, 11) is 2.01. The minimum absolute atomic E-state index is 0.387. The number of nitrogens with zero attached hydrogens (tertiary/aromatic N) is 3. The van der Waals surface area contributed by atoms with E-state index in [2.05, 4.69) is 41.4 Å². The van der Waals surface area contributed by atoms with Gasteiger partial charge in [-0.15, -0.1) is 0 Å². The van der Waals surface area contributed by atoms with Crippen molar-refractivity contribution in [3.05, 3.63) is 47.5 Å². The Hall–Kier alpha value is -1.68. The Bertz CT molecular complexity index is 547. The molecule has 0 saturated carbocycles. The van der Waals surface area contributed by atoms with Gasteiger partial charge in [0.25, 0.3) is 0 Å². The van der Waals surface area contributed by atoms with E-state index in [0.29, 0.717) is 6.04 Å². The smallest absolute Gasteiger partial charge is 0.0492 e. The number of aromatic nitrogens is 3. The Morgan fingerprint density at radius 1 is 1.24 bits per heavy atom. The van der Waals surface area contributed by atoms with Gasteiger partial charge >= 0.3 is 0 Å². The maximum atomic E-state index is 4.26. The highest BCUT2D eigenvalue weighted by atomic mass is 15.2. The predicted molar refractivity (Wildman–Crippen MR) is 86.2 cm³/mol. The minimum atomic E-state index is 0.387. The third kappa shape index (κ3) is 4.14.